The summed E-state index contributed by atoms with van der Waals surface area (Å²) in [7, 11) is 0. The number of halogens is 1. The summed E-state index contributed by atoms with van der Waals surface area (Å²) in [4.78, 5) is 29.3. The summed E-state index contributed by atoms with van der Waals surface area (Å²) < 4.78 is 6.00. The molecule has 0 aliphatic carbocycles. The molecule has 0 radical (unpaired) electrons. The molecule has 3 aromatic rings. The first kappa shape index (κ1) is 17.7. The topological polar surface area (TPSA) is 84.0 Å². The van der Waals surface area contributed by atoms with Crippen molar-refractivity contribution in [1.82, 2.24) is 19.9 Å². The number of hydrogen-bond donors (Lipinski definition) is 1. The molecule has 8 heteroatoms. The molecule has 0 saturated carbocycles. The van der Waals surface area contributed by atoms with E-state index in [1.807, 2.05) is 24.3 Å². The third kappa shape index (κ3) is 3.60. The molecular formula is C19H20ClN5O2. The number of aldehydes is 1. The van der Waals surface area contributed by atoms with Crippen LogP contribution in [0.5, 0.6) is 5.75 Å². The molecule has 0 bridgehead atoms. The van der Waals surface area contributed by atoms with Gasteiger partial charge in [0.1, 0.15) is 30.5 Å². The third-order valence-electron chi connectivity index (χ3n) is 4.95. The lowest BCUT2D eigenvalue weighted by Crippen LogP contribution is -2.40. The van der Waals surface area contributed by atoms with E-state index >= 15 is 0 Å². The molecule has 7 nitrogen and oxygen atoms in total. The van der Waals surface area contributed by atoms with Crippen molar-refractivity contribution in [2.24, 2.45) is 0 Å². The Labute approximate surface area is 161 Å². The number of benzene rings is 1. The smallest absolute Gasteiger partial charge is 0.162 e. The van der Waals surface area contributed by atoms with Gasteiger partial charge in [-0.1, -0.05) is 23.7 Å². The molecule has 0 spiro atoms. The number of carbonyl (C=O) groups excluding carboxylic acids is 1. The zero-order chi connectivity index (χ0) is 18.6. The number of imidazole rings is 1. The highest BCUT2D eigenvalue weighted by Gasteiger charge is 2.36. The van der Waals surface area contributed by atoms with E-state index in [1.54, 1.807) is 6.33 Å². The standard InChI is InChI=1S/C19H20ClN5O2/c20-15-5-1-2-6-16(15)27-10-14-8-7-13(4-3-9-26)25(14)19-17-18(22-11-21-17)23-12-24-19/h1-2,5-6,9,11-14H,3-4,7-8,10H2,(H,21,22,23,24)/t13-,14-/m1/s1. The van der Waals surface area contributed by atoms with Crippen LogP contribution in [0.4, 0.5) is 5.82 Å². The average molecular weight is 386 g/mol. The zero-order valence-corrected chi connectivity index (χ0v) is 15.5. The highest BCUT2D eigenvalue weighted by atomic mass is 35.5. The lowest BCUT2D eigenvalue weighted by Gasteiger charge is -2.31. The summed E-state index contributed by atoms with van der Waals surface area (Å²) in [6.45, 7) is 0.483. The molecule has 0 amide bonds. The van der Waals surface area contributed by atoms with Crippen molar-refractivity contribution in [2.45, 2.75) is 37.8 Å². The maximum absolute atomic E-state index is 10.9. The number of rotatable bonds is 7. The summed E-state index contributed by atoms with van der Waals surface area (Å²) >= 11 is 6.21. The number of carbonyl (C=O) groups is 1. The van der Waals surface area contributed by atoms with Gasteiger partial charge >= 0.3 is 0 Å². The van der Waals surface area contributed by atoms with Crippen LogP contribution in [0.1, 0.15) is 25.7 Å². The Balaban J connectivity index is 1.61. The van der Waals surface area contributed by atoms with E-state index in [9.17, 15) is 4.79 Å². The SMILES string of the molecule is O=CCC[C@@H]1CC[C@H](COc2ccccc2Cl)N1c1ncnc2[nH]cnc12. The number of aromatic amines is 1. The molecule has 1 N–H and O–H groups in total. The van der Waals surface area contributed by atoms with Gasteiger partial charge in [-0.2, -0.15) is 0 Å². The Morgan fingerprint density at radius 3 is 2.93 bits per heavy atom. The van der Waals surface area contributed by atoms with Crippen LogP contribution < -0.4 is 9.64 Å². The fourth-order valence-corrected chi connectivity index (χ4v) is 3.89. The molecule has 1 aromatic carbocycles. The monoisotopic (exact) mass is 385 g/mol. The summed E-state index contributed by atoms with van der Waals surface area (Å²) in [5, 5.41) is 0.594. The number of anilines is 1. The van der Waals surface area contributed by atoms with Gasteiger partial charge in [0, 0.05) is 12.5 Å². The van der Waals surface area contributed by atoms with Crippen LogP contribution in [0, 0.1) is 0 Å². The van der Waals surface area contributed by atoms with Gasteiger partial charge in [-0.05, 0) is 31.4 Å². The van der Waals surface area contributed by atoms with Gasteiger partial charge in [-0.3, -0.25) is 0 Å². The van der Waals surface area contributed by atoms with Crippen molar-refractivity contribution in [1.29, 1.82) is 0 Å². The second kappa shape index (κ2) is 7.92. The summed E-state index contributed by atoms with van der Waals surface area (Å²) in [6.07, 6.45) is 7.35. The number of nitrogens with one attached hydrogen (secondary N) is 1. The minimum absolute atomic E-state index is 0.118. The van der Waals surface area contributed by atoms with E-state index in [2.05, 4.69) is 24.8 Å². The fourth-order valence-electron chi connectivity index (χ4n) is 3.70. The molecule has 3 heterocycles. The van der Waals surface area contributed by atoms with Crippen molar-refractivity contribution < 1.29 is 9.53 Å². The maximum atomic E-state index is 10.9. The molecule has 0 unspecified atom stereocenters. The first-order chi connectivity index (χ1) is 13.3. The number of ether oxygens (including phenoxy) is 1. The highest BCUT2D eigenvalue weighted by molar-refractivity contribution is 6.32. The number of nitrogens with zero attached hydrogens (tertiary/aromatic N) is 4. The molecule has 1 saturated heterocycles. The Kier molecular flexibility index (Phi) is 5.20. The number of fused-ring (bicyclic) bond motifs is 1. The van der Waals surface area contributed by atoms with Crippen LogP contribution in [0.2, 0.25) is 5.02 Å². The van der Waals surface area contributed by atoms with E-state index in [0.29, 0.717) is 29.4 Å². The van der Waals surface area contributed by atoms with Gasteiger partial charge in [0.2, 0.25) is 0 Å². The molecule has 1 aliphatic heterocycles. The Bertz CT molecular complexity index is 931. The number of hydrogen-bond acceptors (Lipinski definition) is 6. The lowest BCUT2D eigenvalue weighted by atomic mass is 10.1. The molecule has 27 heavy (non-hydrogen) atoms. The number of H-pyrrole nitrogens is 1. The second-order valence-corrected chi connectivity index (χ2v) is 6.98. The van der Waals surface area contributed by atoms with Crippen LogP contribution >= 0.6 is 11.6 Å². The van der Waals surface area contributed by atoms with Crippen LogP contribution in [-0.2, 0) is 4.79 Å². The minimum atomic E-state index is 0.118. The largest absolute Gasteiger partial charge is 0.490 e. The van der Waals surface area contributed by atoms with Gasteiger partial charge in [-0.25, -0.2) is 15.0 Å². The van der Waals surface area contributed by atoms with E-state index < -0.39 is 0 Å². The molecule has 2 atom stereocenters. The maximum Gasteiger partial charge on any atom is 0.162 e. The third-order valence-corrected chi connectivity index (χ3v) is 5.26. The predicted octanol–water partition coefficient (Wildman–Crippen LogP) is 3.40. The quantitative estimate of drug-likeness (QED) is 0.627. The summed E-state index contributed by atoms with van der Waals surface area (Å²) in [5.41, 5.74) is 1.44. The van der Waals surface area contributed by atoms with Crippen molar-refractivity contribution >= 4 is 34.9 Å². The number of para-hydroxylation sites is 1. The van der Waals surface area contributed by atoms with E-state index in [4.69, 9.17) is 16.3 Å². The van der Waals surface area contributed by atoms with E-state index in [1.165, 1.54) is 6.33 Å². The number of aromatic nitrogens is 4. The normalized spacial score (nSPS) is 19.5. The average Bonchev–Trinajstić information content (AvgIpc) is 3.32. The van der Waals surface area contributed by atoms with Crippen LogP contribution in [0.25, 0.3) is 11.2 Å². The molecule has 1 fully saturated rings. The zero-order valence-electron chi connectivity index (χ0n) is 14.7. The highest BCUT2D eigenvalue weighted by Crippen LogP contribution is 2.35. The van der Waals surface area contributed by atoms with Crippen molar-refractivity contribution in [3.63, 3.8) is 0 Å². The van der Waals surface area contributed by atoms with E-state index in [0.717, 1.165) is 36.9 Å². The fraction of sp³-hybridized carbons (Fsp3) is 0.368. The lowest BCUT2D eigenvalue weighted by molar-refractivity contribution is -0.108. The van der Waals surface area contributed by atoms with Gasteiger partial charge < -0.3 is 19.4 Å². The van der Waals surface area contributed by atoms with Gasteiger partial charge in [-0.15, -0.1) is 0 Å². The second-order valence-electron chi connectivity index (χ2n) is 6.57. The summed E-state index contributed by atoms with van der Waals surface area (Å²) in [5.74, 6) is 1.45. The van der Waals surface area contributed by atoms with Crippen LogP contribution in [0.15, 0.2) is 36.9 Å². The Hall–Kier alpha value is -2.67. The van der Waals surface area contributed by atoms with Gasteiger partial charge in [0.25, 0.3) is 0 Å². The Morgan fingerprint density at radius 2 is 2.07 bits per heavy atom. The van der Waals surface area contributed by atoms with Crippen molar-refractivity contribution in [3.8, 4) is 5.75 Å². The predicted molar refractivity (Wildman–Crippen MR) is 103 cm³/mol. The first-order valence-corrected chi connectivity index (χ1v) is 9.39. The van der Waals surface area contributed by atoms with Gasteiger partial charge in [0.05, 0.1) is 17.4 Å². The van der Waals surface area contributed by atoms with Crippen LogP contribution in [0.3, 0.4) is 0 Å². The minimum Gasteiger partial charge on any atom is -0.490 e. The first-order valence-electron chi connectivity index (χ1n) is 9.01. The Morgan fingerprint density at radius 1 is 1.22 bits per heavy atom. The molecular weight excluding hydrogens is 366 g/mol. The van der Waals surface area contributed by atoms with Crippen LogP contribution in [-0.4, -0.2) is 44.9 Å². The van der Waals surface area contributed by atoms with Gasteiger partial charge in [0.15, 0.2) is 11.5 Å². The van der Waals surface area contributed by atoms with Crippen molar-refractivity contribution in [3.05, 3.63) is 41.9 Å². The van der Waals surface area contributed by atoms with Crippen molar-refractivity contribution in [2.75, 3.05) is 11.5 Å². The molecule has 2 aromatic heterocycles. The summed E-state index contributed by atoms with van der Waals surface area (Å²) in [6, 6.07) is 7.79. The molecule has 1 aliphatic rings. The van der Waals surface area contributed by atoms with E-state index in [-0.39, 0.29) is 12.1 Å². The molecule has 140 valence electrons. The molecule has 4 rings (SSSR count).